The fourth-order valence-corrected chi connectivity index (χ4v) is 2.78. The molecule has 0 saturated heterocycles. The van der Waals surface area contributed by atoms with Gasteiger partial charge in [-0.1, -0.05) is 12.1 Å². The second-order valence-electron chi connectivity index (χ2n) is 5.79. The summed E-state index contributed by atoms with van der Waals surface area (Å²) < 4.78 is 7.14. The van der Waals surface area contributed by atoms with Gasteiger partial charge in [-0.3, -0.25) is 19.6 Å². The van der Waals surface area contributed by atoms with Crippen LogP contribution in [0.1, 0.15) is 36.5 Å². The molecule has 7 heteroatoms. The minimum atomic E-state index is -0.653. The second kappa shape index (κ2) is 5.83. The quantitative estimate of drug-likeness (QED) is 0.481. The summed E-state index contributed by atoms with van der Waals surface area (Å²) in [5.41, 5.74) is 1.39. The van der Waals surface area contributed by atoms with Gasteiger partial charge in [0.2, 0.25) is 0 Å². The summed E-state index contributed by atoms with van der Waals surface area (Å²) in [5, 5.41) is 15.2. The third-order valence-corrected chi connectivity index (χ3v) is 4.11. The maximum Gasteiger partial charge on any atom is 0.310 e. The molecule has 1 aliphatic rings. The molecule has 0 bridgehead atoms. The molecular formula is C16H17N3O4. The molecule has 2 aromatic rings. The molecule has 3 rings (SSSR count). The Morgan fingerprint density at radius 3 is 2.87 bits per heavy atom. The summed E-state index contributed by atoms with van der Waals surface area (Å²) >= 11 is 0. The van der Waals surface area contributed by atoms with E-state index in [0.717, 1.165) is 12.0 Å². The summed E-state index contributed by atoms with van der Waals surface area (Å²) in [6, 6.07) is 6.31. The molecule has 7 nitrogen and oxygen atoms in total. The molecule has 1 aromatic carbocycles. The third kappa shape index (κ3) is 3.08. The number of ether oxygens (including phenoxy) is 1. The van der Waals surface area contributed by atoms with Crippen molar-refractivity contribution in [3.05, 3.63) is 57.9 Å². The number of rotatable bonds is 5. The Hall–Kier alpha value is -2.70. The summed E-state index contributed by atoms with van der Waals surface area (Å²) in [7, 11) is 1.83. The highest BCUT2D eigenvalue weighted by Crippen LogP contribution is 2.48. The Kier molecular flexibility index (Phi) is 3.85. The molecule has 0 unspecified atom stereocenters. The Bertz CT molecular complexity index is 755. The largest absolute Gasteiger partial charge is 0.457 e. The minimum Gasteiger partial charge on any atom is -0.457 e. The lowest BCUT2D eigenvalue weighted by molar-refractivity contribution is -0.386. The predicted octanol–water partition coefficient (Wildman–Crippen LogP) is 2.74. The van der Waals surface area contributed by atoms with E-state index in [-0.39, 0.29) is 23.5 Å². The Balaban J connectivity index is 1.66. The van der Waals surface area contributed by atoms with Gasteiger partial charge in [-0.15, -0.1) is 0 Å². The van der Waals surface area contributed by atoms with Crippen molar-refractivity contribution in [2.24, 2.45) is 13.0 Å². The molecule has 1 fully saturated rings. The van der Waals surface area contributed by atoms with Crippen LogP contribution in [-0.4, -0.2) is 20.7 Å². The standard InChI is InChI=1S/C16H17N3O4/c1-10(12-5-3-4-6-15(12)19(21)22)23-16(20)14-7-13(14)11-8-17-18(2)9-11/h3-6,8-10,13-14H,7H2,1-2H3/t10-,13+,14+/m0/s1. The molecular weight excluding hydrogens is 298 g/mol. The van der Waals surface area contributed by atoms with Gasteiger partial charge in [-0.05, 0) is 25.0 Å². The van der Waals surface area contributed by atoms with Gasteiger partial charge in [0.15, 0.2) is 0 Å². The van der Waals surface area contributed by atoms with Crippen molar-refractivity contribution in [1.29, 1.82) is 0 Å². The van der Waals surface area contributed by atoms with E-state index in [1.54, 1.807) is 36.0 Å². The average molecular weight is 315 g/mol. The zero-order chi connectivity index (χ0) is 16.6. The number of nitrogens with zero attached hydrogens (tertiary/aromatic N) is 3. The minimum absolute atomic E-state index is 0.0348. The molecule has 1 saturated carbocycles. The average Bonchev–Trinajstić information content (AvgIpc) is 3.22. The van der Waals surface area contributed by atoms with Crippen LogP contribution in [0.5, 0.6) is 0 Å². The number of esters is 1. The van der Waals surface area contributed by atoms with E-state index in [1.807, 2.05) is 13.2 Å². The predicted molar refractivity (Wildman–Crippen MR) is 81.7 cm³/mol. The number of nitro groups is 1. The van der Waals surface area contributed by atoms with Crippen molar-refractivity contribution < 1.29 is 14.5 Å². The molecule has 0 radical (unpaired) electrons. The first-order valence-corrected chi connectivity index (χ1v) is 7.39. The summed E-state index contributed by atoms with van der Waals surface area (Å²) in [5.74, 6) is -0.372. The Labute approximate surface area is 133 Å². The molecule has 1 aromatic heterocycles. The van der Waals surface area contributed by atoms with Crippen LogP contribution in [0.15, 0.2) is 36.7 Å². The molecule has 1 heterocycles. The van der Waals surface area contributed by atoms with Crippen LogP contribution in [-0.2, 0) is 16.6 Å². The van der Waals surface area contributed by atoms with Crippen molar-refractivity contribution in [2.45, 2.75) is 25.4 Å². The van der Waals surface area contributed by atoms with Gasteiger partial charge in [0.05, 0.1) is 22.6 Å². The van der Waals surface area contributed by atoms with Gasteiger partial charge in [0, 0.05) is 25.2 Å². The van der Waals surface area contributed by atoms with Crippen LogP contribution >= 0.6 is 0 Å². The normalized spacial score (nSPS) is 20.8. The second-order valence-corrected chi connectivity index (χ2v) is 5.79. The number of carbonyl (C=O) groups excluding carboxylic acids is 1. The van der Waals surface area contributed by atoms with E-state index in [0.29, 0.717) is 5.56 Å². The van der Waals surface area contributed by atoms with E-state index < -0.39 is 11.0 Å². The smallest absolute Gasteiger partial charge is 0.310 e. The van der Waals surface area contributed by atoms with Gasteiger partial charge in [0.25, 0.3) is 5.69 Å². The molecule has 23 heavy (non-hydrogen) atoms. The lowest BCUT2D eigenvalue weighted by Gasteiger charge is -2.13. The first-order chi connectivity index (χ1) is 11.0. The summed E-state index contributed by atoms with van der Waals surface area (Å²) in [6.07, 6.45) is 3.72. The van der Waals surface area contributed by atoms with Gasteiger partial charge in [-0.25, -0.2) is 0 Å². The highest BCUT2D eigenvalue weighted by Gasteiger charge is 2.46. The molecule has 0 N–H and O–H groups in total. The zero-order valence-corrected chi connectivity index (χ0v) is 12.9. The van der Waals surface area contributed by atoms with Crippen molar-refractivity contribution in [3.63, 3.8) is 0 Å². The number of para-hydroxylation sites is 1. The summed E-state index contributed by atoms with van der Waals surface area (Å²) in [4.78, 5) is 22.8. The van der Waals surface area contributed by atoms with Crippen molar-refractivity contribution in [1.82, 2.24) is 9.78 Å². The van der Waals surface area contributed by atoms with Gasteiger partial charge < -0.3 is 4.74 Å². The van der Waals surface area contributed by atoms with Crippen LogP contribution < -0.4 is 0 Å². The molecule has 120 valence electrons. The maximum atomic E-state index is 12.2. The lowest BCUT2D eigenvalue weighted by Crippen LogP contribution is -2.12. The number of carbonyl (C=O) groups is 1. The third-order valence-electron chi connectivity index (χ3n) is 4.11. The van der Waals surface area contributed by atoms with Crippen LogP contribution in [0.4, 0.5) is 5.69 Å². The lowest BCUT2D eigenvalue weighted by atomic mass is 10.1. The maximum absolute atomic E-state index is 12.2. The van der Waals surface area contributed by atoms with Crippen LogP contribution in [0.3, 0.4) is 0 Å². The first-order valence-electron chi connectivity index (χ1n) is 7.39. The molecule has 0 amide bonds. The number of hydrogen-bond donors (Lipinski definition) is 0. The fraction of sp³-hybridized carbons (Fsp3) is 0.375. The van der Waals surface area contributed by atoms with Crippen LogP contribution in [0.2, 0.25) is 0 Å². The van der Waals surface area contributed by atoms with Crippen molar-refractivity contribution >= 4 is 11.7 Å². The SMILES string of the molecule is C[C@H](OC(=O)[C@@H]1C[C@@H]1c1cnn(C)c1)c1ccccc1[N+](=O)[O-]. The monoisotopic (exact) mass is 315 g/mol. The topological polar surface area (TPSA) is 87.3 Å². The number of aryl methyl sites for hydroxylation is 1. The number of benzene rings is 1. The zero-order valence-electron chi connectivity index (χ0n) is 12.9. The Morgan fingerprint density at radius 1 is 1.48 bits per heavy atom. The van der Waals surface area contributed by atoms with Crippen LogP contribution in [0.25, 0.3) is 0 Å². The fourth-order valence-electron chi connectivity index (χ4n) is 2.78. The summed E-state index contributed by atoms with van der Waals surface area (Å²) in [6.45, 7) is 1.65. The number of aromatic nitrogens is 2. The van der Waals surface area contributed by atoms with E-state index in [4.69, 9.17) is 4.74 Å². The number of hydrogen-bond acceptors (Lipinski definition) is 5. The van der Waals surface area contributed by atoms with Crippen LogP contribution in [0, 0.1) is 16.0 Å². The molecule has 3 atom stereocenters. The van der Waals surface area contributed by atoms with Gasteiger partial charge in [0.1, 0.15) is 6.10 Å². The Morgan fingerprint density at radius 2 is 2.22 bits per heavy atom. The first kappa shape index (κ1) is 15.2. The molecule has 0 spiro atoms. The van der Waals surface area contributed by atoms with E-state index in [9.17, 15) is 14.9 Å². The van der Waals surface area contributed by atoms with Crippen molar-refractivity contribution in [3.8, 4) is 0 Å². The van der Waals surface area contributed by atoms with E-state index in [2.05, 4.69) is 5.10 Å². The van der Waals surface area contributed by atoms with E-state index in [1.165, 1.54) is 6.07 Å². The molecule has 0 aliphatic heterocycles. The van der Waals surface area contributed by atoms with Crippen molar-refractivity contribution in [2.75, 3.05) is 0 Å². The van der Waals surface area contributed by atoms with E-state index >= 15 is 0 Å². The molecule has 1 aliphatic carbocycles. The van der Waals surface area contributed by atoms with Gasteiger partial charge >= 0.3 is 5.97 Å². The number of nitro benzene ring substituents is 1. The highest BCUT2D eigenvalue weighted by atomic mass is 16.6. The van der Waals surface area contributed by atoms with Gasteiger partial charge in [-0.2, -0.15) is 5.10 Å². The highest BCUT2D eigenvalue weighted by molar-refractivity contribution is 5.77.